The zero-order valence-electron chi connectivity index (χ0n) is 16.8. The zero-order chi connectivity index (χ0) is 22.5. The number of anilines is 2. The smallest absolute Gasteiger partial charge is 0.262 e. The third kappa shape index (κ3) is 6.14. The van der Waals surface area contributed by atoms with Crippen LogP contribution in [-0.4, -0.2) is 18.4 Å². The van der Waals surface area contributed by atoms with Crippen LogP contribution < -0.4 is 15.4 Å². The summed E-state index contributed by atoms with van der Waals surface area (Å²) >= 11 is 18.1. The summed E-state index contributed by atoms with van der Waals surface area (Å²) in [6.07, 6.45) is 0. The molecule has 0 saturated carbocycles. The van der Waals surface area contributed by atoms with E-state index < -0.39 is 5.91 Å². The zero-order valence-corrected chi connectivity index (χ0v) is 19.0. The highest BCUT2D eigenvalue weighted by Crippen LogP contribution is 2.34. The first-order valence-corrected chi connectivity index (χ1v) is 10.4. The van der Waals surface area contributed by atoms with Crippen LogP contribution >= 0.6 is 34.8 Å². The van der Waals surface area contributed by atoms with Crippen molar-refractivity contribution in [1.82, 2.24) is 0 Å². The molecule has 3 rings (SSSR count). The van der Waals surface area contributed by atoms with Crippen LogP contribution in [0.4, 0.5) is 11.4 Å². The summed E-state index contributed by atoms with van der Waals surface area (Å²) in [7, 11) is 0. The van der Waals surface area contributed by atoms with Crippen molar-refractivity contribution >= 4 is 58.0 Å². The molecule has 0 radical (unpaired) electrons. The Morgan fingerprint density at radius 2 is 1.52 bits per heavy atom. The largest absolute Gasteiger partial charge is 0.484 e. The number of benzene rings is 3. The topological polar surface area (TPSA) is 67.4 Å². The molecular formula is C23H19Cl3N2O3. The van der Waals surface area contributed by atoms with Gasteiger partial charge in [0.1, 0.15) is 5.75 Å². The Bertz CT molecular complexity index is 1110. The van der Waals surface area contributed by atoms with Crippen LogP contribution in [0.5, 0.6) is 5.75 Å². The average molecular weight is 478 g/mol. The number of amides is 2. The van der Waals surface area contributed by atoms with Gasteiger partial charge in [0.2, 0.25) is 0 Å². The molecule has 0 aromatic heterocycles. The molecule has 0 fully saturated rings. The Morgan fingerprint density at radius 1 is 0.871 bits per heavy atom. The maximum absolute atomic E-state index is 12.5. The maximum Gasteiger partial charge on any atom is 0.262 e. The van der Waals surface area contributed by atoms with E-state index in [4.69, 9.17) is 39.5 Å². The fourth-order valence-corrected chi connectivity index (χ4v) is 3.67. The van der Waals surface area contributed by atoms with Crippen LogP contribution in [0, 0.1) is 13.8 Å². The summed E-state index contributed by atoms with van der Waals surface area (Å²) in [6, 6.07) is 15.2. The van der Waals surface area contributed by atoms with E-state index in [-0.39, 0.29) is 28.2 Å². The molecule has 160 valence electrons. The number of carbonyl (C=O) groups excluding carboxylic acids is 2. The van der Waals surface area contributed by atoms with E-state index in [1.807, 2.05) is 32.0 Å². The fourth-order valence-electron chi connectivity index (χ4n) is 2.76. The van der Waals surface area contributed by atoms with Crippen LogP contribution in [-0.2, 0) is 4.79 Å². The Balaban J connectivity index is 1.58. The Kier molecular flexibility index (Phi) is 7.44. The minimum absolute atomic E-state index is 0.158. The van der Waals surface area contributed by atoms with Gasteiger partial charge in [0.05, 0.1) is 15.7 Å². The molecule has 0 aliphatic rings. The molecule has 2 amide bonds. The molecule has 2 N–H and O–H groups in total. The summed E-state index contributed by atoms with van der Waals surface area (Å²) < 4.78 is 5.51. The summed E-state index contributed by atoms with van der Waals surface area (Å²) in [6.45, 7) is 3.72. The molecule has 0 spiro atoms. The molecule has 0 saturated heterocycles. The number of aryl methyl sites for hydroxylation is 2. The third-order valence-electron chi connectivity index (χ3n) is 4.40. The molecule has 0 aliphatic heterocycles. The van der Waals surface area contributed by atoms with Gasteiger partial charge >= 0.3 is 0 Å². The van der Waals surface area contributed by atoms with Gasteiger partial charge < -0.3 is 15.4 Å². The van der Waals surface area contributed by atoms with Gasteiger partial charge in [-0.1, -0.05) is 46.9 Å². The first kappa shape index (κ1) is 22.9. The van der Waals surface area contributed by atoms with E-state index in [1.165, 1.54) is 12.1 Å². The lowest BCUT2D eigenvalue weighted by atomic mass is 10.1. The average Bonchev–Trinajstić information content (AvgIpc) is 2.72. The number of rotatable bonds is 6. The highest BCUT2D eigenvalue weighted by Gasteiger charge is 2.13. The summed E-state index contributed by atoms with van der Waals surface area (Å²) in [5.74, 6) is -0.219. The van der Waals surface area contributed by atoms with Gasteiger partial charge in [-0.3, -0.25) is 9.59 Å². The van der Waals surface area contributed by atoms with E-state index in [1.54, 1.807) is 24.3 Å². The molecular weight excluding hydrogens is 459 g/mol. The van der Waals surface area contributed by atoms with E-state index in [0.29, 0.717) is 16.3 Å². The lowest BCUT2D eigenvalue weighted by molar-refractivity contribution is -0.118. The van der Waals surface area contributed by atoms with Crippen molar-refractivity contribution in [1.29, 1.82) is 0 Å². The Morgan fingerprint density at radius 3 is 2.16 bits per heavy atom. The van der Waals surface area contributed by atoms with Crippen molar-refractivity contribution in [2.24, 2.45) is 0 Å². The number of hydrogen-bond donors (Lipinski definition) is 2. The fraction of sp³-hybridized carbons (Fsp3) is 0.130. The number of hydrogen-bond acceptors (Lipinski definition) is 3. The molecule has 0 aliphatic carbocycles. The minimum atomic E-state index is -0.398. The number of halogens is 3. The van der Waals surface area contributed by atoms with Gasteiger partial charge in [-0.15, -0.1) is 0 Å². The standard InChI is InChI=1S/C23H19Cl3N2O3/c1-13-3-4-14(2)20(9-13)27-21(29)12-31-17-7-5-15(6-8-17)23(30)28-22-18(25)10-16(24)11-19(22)26/h3-11H,12H2,1-2H3,(H,27,29)(H,28,30). The summed E-state index contributed by atoms with van der Waals surface area (Å²) in [4.78, 5) is 24.7. The minimum Gasteiger partial charge on any atom is -0.484 e. The van der Waals surface area contributed by atoms with Gasteiger partial charge in [0.25, 0.3) is 11.8 Å². The molecule has 3 aromatic carbocycles. The SMILES string of the molecule is Cc1ccc(C)c(NC(=O)COc2ccc(C(=O)Nc3c(Cl)cc(Cl)cc3Cl)cc2)c1. The maximum atomic E-state index is 12.5. The second-order valence-electron chi connectivity index (χ2n) is 6.88. The molecule has 0 unspecified atom stereocenters. The number of nitrogens with one attached hydrogen (secondary N) is 2. The predicted molar refractivity (Wildman–Crippen MR) is 126 cm³/mol. The highest BCUT2D eigenvalue weighted by atomic mass is 35.5. The molecule has 0 heterocycles. The van der Waals surface area contributed by atoms with Crippen LogP contribution in [0.1, 0.15) is 21.5 Å². The lowest BCUT2D eigenvalue weighted by Gasteiger charge is -2.11. The van der Waals surface area contributed by atoms with Gasteiger partial charge in [0, 0.05) is 16.3 Å². The van der Waals surface area contributed by atoms with E-state index in [9.17, 15) is 9.59 Å². The molecule has 3 aromatic rings. The number of ether oxygens (including phenoxy) is 1. The van der Waals surface area contributed by atoms with E-state index in [2.05, 4.69) is 10.6 Å². The van der Waals surface area contributed by atoms with Gasteiger partial charge in [-0.25, -0.2) is 0 Å². The molecule has 5 nitrogen and oxygen atoms in total. The Labute approximate surface area is 195 Å². The van der Waals surface area contributed by atoms with Crippen molar-refractivity contribution in [3.63, 3.8) is 0 Å². The lowest BCUT2D eigenvalue weighted by Crippen LogP contribution is -2.20. The van der Waals surface area contributed by atoms with Crippen molar-refractivity contribution < 1.29 is 14.3 Å². The van der Waals surface area contributed by atoms with Crippen molar-refractivity contribution in [3.8, 4) is 5.75 Å². The summed E-state index contributed by atoms with van der Waals surface area (Å²) in [5, 5.41) is 6.34. The first-order chi connectivity index (χ1) is 14.7. The van der Waals surface area contributed by atoms with Crippen molar-refractivity contribution in [2.45, 2.75) is 13.8 Å². The quantitative estimate of drug-likeness (QED) is 0.424. The van der Waals surface area contributed by atoms with Crippen molar-refractivity contribution in [3.05, 3.63) is 86.4 Å². The normalized spacial score (nSPS) is 10.5. The van der Waals surface area contributed by atoms with E-state index in [0.717, 1.165) is 16.8 Å². The Hall–Kier alpha value is -2.73. The van der Waals surface area contributed by atoms with Gasteiger partial charge in [0.15, 0.2) is 6.61 Å². The van der Waals surface area contributed by atoms with Crippen LogP contribution in [0.2, 0.25) is 15.1 Å². The molecule has 31 heavy (non-hydrogen) atoms. The first-order valence-electron chi connectivity index (χ1n) is 9.29. The third-order valence-corrected chi connectivity index (χ3v) is 5.21. The van der Waals surface area contributed by atoms with Crippen LogP contribution in [0.15, 0.2) is 54.6 Å². The van der Waals surface area contributed by atoms with Crippen LogP contribution in [0.3, 0.4) is 0 Å². The van der Waals surface area contributed by atoms with Gasteiger partial charge in [-0.05, 0) is 67.4 Å². The second kappa shape index (κ2) is 10.1. The highest BCUT2D eigenvalue weighted by molar-refractivity contribution is 6.42. The predicted octanol–water partition coefficient (Wildman–Crippen LogP) is 6.53. The molecule has 8 heteroatoms. The summed E-state index contributed by atoms with van der Waals surface area (Å²) in [5.41, 5.74) is 3.42. The number of carbonyl (C=O) groups is 2. The second-order valence-corrected chi connectivity index (χ2v) is 8.13. The monoisotopic (exact) mass is 476 g/mol. The molecule has 0 atom stereocenters. The van der Waals surface area contributed by atoms with Crippen LogP contribution in [0.25, 0.3) is 0 Å². The van der Waals surface area contributed by atoms with E-state index >= 15 is 0 Å². The van der Waals surface area contributed by atoms with Crippen molar-refractivity contribution in [2.75, 3.05) is 17.2 Å². The molecule has 0 bridgehead atoms. The van der Waals surface area contributed by atoms with Gasteiger partial charge in [-0.2, -0.15) is 0 Å².